The number of hydrogen-bond acceptors (Lipinski definition) is 9. The van der Waals surface area contributed by atoms with Gasteiger partial charge in [0.15, 0.2) is 0 Å². The maximum absolute atomic E-state index is 13.3. The predicted octanol–water partition coefficient (Wildman–Crippen LogP) is 3.80. The number of nitrogens with one attached hydrogen (secondary N) is 1. The number of carbonyl (C=O) groups excluding carboxylic acids is 3. The van der Waals surface area contributed by atoms with Gasteiger partial charge in [-0.2, -0.15) is 4.98 Å². The fourth-order valence-electron chi connectivity index (χ4n) is 4.30. The normalized spacial score (nSPS) is 17.1. The summed E-state index contributed by atoms with van der Waals surface area (Å²) in [5.74, 6) is -2.58. The number of H-pyrrole nitrogens is 1. The highest BCUT2D eigenvalue weighted by molar-refractivity contribution is 5.91. The first-order valence-electron chi connectivity index (χ1n) is 12.9. The molecule has 0 bridgehead atoms. The second-order valence-electron chi connectivity index (χ2n) is 10.7. The van der Waals surface area contributed by atoms with Crippen LogP contribution < -0.4 is 10.3 Å². The van der Waals surface area contributed by atoms with Gasteiger partial charge in [-0.3, -0.25) is 9.69 Å². The van der Waals surface area contributed by atoms with E-state index in [9.17, 15) is 24.3 Å². The lowest BCUT2D eigenvalue weighted by molar-refractivity contribution is -0.0260. The Bertz CT molecular complexity index is 1470. The smallest absolute Gasteiger partial charge is 0.411 e. The van der Waals surface area contributed by atoms with E-state index in [-0.39, 0.29) is 37.6 Å². The molecule has 1 aliphatic rings. The summed E-state index contributed by atoms with van der Waals surface area (Å²) in [6, 6.07) is 17.0. The van der Waals surface area contributed by atoms with Crippen molar-refractivity contribution in [2.45, 2.75) is 45.4 Å². The minimum absolute atomic E-state index is 0.00833. The fraction of sp³-hybridized carbons (Fsp3) is 0.345. The van der Waals surface area contributed by atoms with E-state index >= 15 is 0 Å². The molecular weight excluding hydrogens is 532 g/mol. The maximum Gasteiger partial charge on any atom is 0.411 e. The number of rotatable bonds is 5. The molecule has 1 unspecified atom stereocenters. The van der Waals surface area contributed by atoms with Crippen molar-refractivity contribution in [3.05, 3.63) is 88.0 Å². The first-order chi connectivity index (χ1) is 19.4. The van der Waals surface area contributed by atoms with E-state index in [1.54, 1.807) is 58.0 Å². The topological polar surface area (TPSA) is 151 Å². The number of aromatic hydroxyl groups is 1. The third kappa shape index (κ3) is 6.83. The van der Waals surface area contributed by atoms with Crippen LogP contribution in [0.4, 0.5) is 9.59 Å². The summed E-state index contributed by atoms with van der Waals surface area (Å²) in [6.07, 6.45) is -1.34. The third-order valence-corrected chi connectivity index (χ3v) is 6.34. The third-order valence-electron chi connectivity index (χ3n) is 6.34. The number of hydrogen-bond donors (Lipinski definition) is 2. The zero-order chi connectivity index (χ0) is 29.8. The Balaban J connectivity index is 1.65. The molecule has 12 heteroatoms. The highest BCUT2D eigenvalue weighted by Crippen LogP contribution is 2.33. The van der Waals surface area contributed by atoms with Crippen LogP contribution in [0.15, 0.2) is 65.5 Å². The van der Waals surface area contributed by atoms with Gasteiger partial charge in [0.05, 0.1) is 12.1 Å². The number of benzene rings is 2. The molecule has 1 saturated heterocycles. The molecule has 0 aliphatic carbocycles. The molecule has 41 heavy (non-hydrogen) atoms. The molecule has 2 N–H and O–H groups in total. The van der Waals surface area contributed by atoms with Crippen molar-refractivity contribution in [2.24, 2.45) is 0 Å². The van der Waals surface area contributed by atoms with Gasteiger partial charge in [-0.15, -0.1) is 0 Å². The summed E-state index contributed by atoms with van der Waals surface area (Å²) in [4.78, 5) is 61.1. The molecule has 1 aliphatic heterocycles. The van der Waals surface area contributed by atoms with E-state index in [0.29, 0.717) is 0 Å². The van der Waals surface area contributed by atoms with Gasteiger partial charge < -0.3 is 29.2 Å². The Morgan fingerprint density at radius 2 is 1.63 bits per heavy atom. The average molecular weight is 565 g/mol. The number of aromatic nitrogens is 2. The van der Waals surface area contributed by atoms with Gasteiger partial charge in [0.1, 0.15) is 23.6 Å². The monoisotopic (exact) mass is 564 g/mol. The maximum atomic E-state index is 13.3. The molecule has 3 aromatic rings. The van der Waals surface area contributed by atoms with Crippen LogP contribution in [-0.4, -0.2) is 68.3 Å². The fourth-order valence-corrected chi connectivity index (χ4v) is 4.30. The molecule has 0 spiro atoms. The average Bonchev–Trinajstić information content (AvgIpc) is 2.93. The second kappa shape index (κ2) is 11.7. The lowest BCUT2D eigenvalue weighted by Gasteiger charge is -2.47. The molecule has 1 atom stereocenters. The van der Waals surface area contributed by atoms with Gasteiger partial charge in [-0.25, -0.2) is 14.4 Å². The van der Waals surface area contributed by atoms with Crippen LogP contribution in [-0.2, 0) is 21.6 Å². The number of amides is 2. The predicted molar refractivity (Wildman–Crippen MR) is 146 cm³/mol. The minimum atomic E-state index is -1.47. The van der Waals surface area contributed by atoms with Crippen LogP contribution >= 0.6 is 0 Å². The molecule has 2 heterocycles. The second-order valence-corrected chi connectivity index (χ2v) is 10.7. The van der Waals surface area contributed by atoms with Gasteiger partial charge in [0.2, 0.25) is 0 Å². The van der Waals surface area contributed by atoms with Gasteiger partial charge in [-0.1, -0.05) is 48.5 Å². The van der Waals surface area contributed by atoms with Crippen LogP contribution in [0.5, 0.6) is 11.6 Å². The molecule has 1 fully saturated rings. The van der Waals surface area contributed by atoms with Crippen molar-refractivity contribution in [2.75, 3.05) is 19.6 Å². The summed E-state index contributed by atoms with van der Waals surface area (Å²) in [5.41, 5.74) is -2.26. The highest BCUT2D eigenvalue weighted by atomic mass is 16.6. The molecule has 216 valence electrons. The number of esters is 1. The van der Waals surface area contributed by atoms with E-state index in [1.165, 1.54) is 21.9 Å². The zero-order valence-electron chi connectivity index (χ0n) is 23.2. The summed E-state index contributed by atoms with van der Waals surface area (Å²) < 4.78 is 16.2. The van der Waals surface area contributed by atoms with Gasteiger partial charge >= 0.3 is 18.2 Å². The molecule has 2 amide bonds. The summed E-state index contributed by atoms with van der Waals surface area (Å²) in [5, 5.41) is 10.7. The molecule has 4 rings (SSSR count). The van der Waals surface area contributed by atoms with E-state index < -0.39 is 46.5 Å². The first kappa shape index (κ1) is 29.1. The van der Waals surface area contributed by atoms with E-state index in [0.717, 1.165) is 5.56 Å². The van der Waals surface area contributed by atoms with Crippen LogP contribution in [0, 0.1) is 0 Å². The largest absolute Gasteiger partial charge is 0.490 e. The molecule has 0 saturated carbocycles. The van der Waals surface area contributed by atoms with Gasteiger partial charge in [0, 0.05) is 13.1 Å². The van der Waals surface area contributed by atoms with Gasteiger partial charge in [-0.05, 0) is 45.4 Å². The van der Waals surface area contributed by atoms with E-state index in [2.05, 4.69) is 9.97 Å². The Kier molecular flexibility index (Phi) is 8.31. The summed E-state index contributed by atoms with van der Waals surface area (Å²) >= 11 is 0. The van der Waals surface area contributed by atoms with Crippen molar-refractivity contribution in [3.8, 4) is 11.6 Å². The first-order valence-corrected chi connectivity index (χ1v) is 12.9. The summed E-state index contributed by atoms with van der Waals surface area (Å²) in [7, 11) is 0. The lowest BCUT2D eigenvalue weighted by atomic mass is 9.95. The molecule has 0 radical (unpaired) electrons. The SMILES string of the molecule is CC(C)(C)OC(=O)N1CCN(C(=O)OCc2ccccc2)C(C)(c2nc(O)c(OC(=O)c3ccccc3)c(=O)[nH]2)C1. The van der Waals surface area contributed by atoms with Crippen LogP contribution in [0.3, 0.4) is 0 Å². The number of ether oxygens (including phenoxy) is 3. The Morgan fingerprint density at radius 1 is 1.00 bits per heavy atom. The standard InChI is InChI=1S/C29H32N4O8/c1-28(2,3)41-26(37)32-15-16-33(27(38)39-17-19-11-7-5-8-12-19)29(4,18-32)25-30-22(34)21(23(35)31-25)40-24(36)20-13-9-6-10-14-20/h5-14H,15-18H2,1-4H3,(H2,30,31,34,35). The highest BCUT2D eigenvalue weighted by Gasteiger charge is 2.47. The molecule has 2 aromatic carbocycles. The quantitative estimate of drug-likeness (QED) is 0.441. The lowest BCUT2D eigenvalue weighted by Crippen LogP contribution is -2.62. The Labute approximate surface area is 236 Å². The zero-order valence-corrected chi connectivity index (χ0v) is 23.2. The number of nitrogens with zero attached hydrogens (tertiary/aromatic N) is 3. The van der Waals surface area contributed by atoms with E-state index in [4.69, 9.17) is 14.2 Å². The van der Waals surface area contributed by atoms with Crippen molar-refractivity contribution in [3.63, 3.8) is 0 Å². The summed E-state index contributed by atoms with van der Waals surface area (Å²) in [6.45, 7) is 6.74. The van der Waals surface area contributed by atoms with Crippen molar-refractivity contribution < 1.29 is 33.7 Å². The van der Waals surface area contributed by atoms with Crippen molar-refractivity contribution in [1.82, 2.24) is 19.8 Å². The van der Waals surface area contributed by atoms with Crippen molar-refractivity contribution >= 4 is 18.2 Å². The molecular formula is C29H32N4O8. The van der Waals surface area contributed by atoms with E-state index in [1.807, 2.05) is 18.2 Å². The van der Waals surface area contributed by atoms with Crippen LogP contribution in [0.2, 0.25) is 0 Å². The van der Waals surface area contributed by atoms with Crippen LogP contribution in [0.1, 0.15) is 49.4 Å². The number of carbonyl (C=O) groups is 3. The number of piperazine rings is 1. The molecule has 12 nitrogen and oxygen atoms in total. The van der Waals surface area contributed by atoms with Gasteiger partial charge in [0.25, 0.3) is 17.2 Å². The van der Waals surface area contributed by atoms with Crippen molar-refractivity contribution in [1.29, 1.82) is 0 Å². The number of aromatic amines is 1. The van der Waals surface area contributed by atoms with Crippen LogP contribution in [0.25, 0.3) is 0 Å². The molecule has 1 aromatic heterocycles. The Morgan fingerprint density at radius 3 is 2.24 bits per heavy atom. The Hall–Kier alpha value is -4.87. The minimum Gasteiger partial charge on any atom is -0.490 e.